The number of aliphatic hydroxyl groups excluding tert-OH is 3. The van der Waals surface area contributed by atoms with Crippen LogP contribution in [0, 0.1) is 0 Å². The molecule has 1 aliphatic heterocycles. The van der Waals surface area contributed by atoms with Crippen molar-refractivity contribution in [2.24, 2.45) is 0 Å². The van der Waals surface area contributed by atoms with Crippen molar-refractivity contribution >= 4 is 0 Å². The number of hydrogen-bond donors (Lipinski definition) is 5. The van der Waals surface area contributed by atoms with E-state index in [0.717, 1.165) is 34.2 Å². The van der Waals surface area contributed by atoms with Gasteiger partial charge in [-0.05, 0) is 77.8 Å². The molecule has 0 spiro atoms. The molecule has 5 rings (SSSR count). The number of aryl methyl sites for hydroxylation is 2. The van der Waals surface area contributed by atoms with Crippen LogP contribution in [-0.2, 0) is 25.7 Å². The molecular formula is C29H32O8. The molecule has 8 nitrogen and oxygen atoms in total. The number of rotatable bonds is 8. The molecular weight excluding hydrogens is 476 g/mol. The highest BCUT2D eigenvalue weighted by atomic mass is 16.5. The molecule has 3 aromatic carbocycles. The van der Waals surface area contributed by atoms with Crippen LogP contribution >= 0.6 is 0 Å². The predicted molar refractivity (Wildman–Crippen MR) is 137 cm³/mol. The van der Waals surface area contributed by atoms with Crippen molar-refractivity contribution in [3.05, 3.63) is 64.2 Å². The van der Waals surface area contributed by atoms with Crippen LogP contribution in [-0.4, -0.2) is 58.6 Å². The van der Waals surface area contributed by atoms with Gasteiger partial charge in [-0.2, -0.15) is 0 Å². The summed E-state index contributed by atoms with van der Waals surface area (Å²) in [6.45, 7) is -0.0269. The molecule has 37 heavy (non-hydrogen) atoms. The molecule has 1 aliphatic carbocycles. The molecule has 0 radical (unpaired) electrons. The average molecular weight is 509 g/mol. The molecule has 0 saturated heterocycles. The topological polar surface area (TPSA) is 129 Å². The molecule has 0 amide bonds. The summed E-state index contributed by atoms with van der Waals surface area (Å²) in [5, 5.41) is 50.4. The zero-order chi connectivity index (χ0) is 26.1. The van der Waals surface area contributed by atoms with Crippen molar-refractivity contribution in [2.45, 2.75) is 44.3 Å². The van der Waals surface area contributed by atoms with E-state index in [0.29, 0.717) is 48.3 Å². The van der Waals surface area contributed by atoms with Gasteiger partial charge in [-0.25, -0.2) is 0 Å². The van der Waals surface area contributed by atoms with Crippen LogP contribution in [0.25, 0.3) is 11.1 Å². The smallest absolute Gasteiger partial charge is 0.161 e. The predicted octanol–water partition coefficient (Wildman–Crippen LogP) is 3.21. The maximum absolute atomic E-state index is 11.2. The average Bonchev–Trinajstić information content (AvgIpc) is 2.90. The van der Waals surface area contributed by atoms with E-state index in [-0.39, 0.29) is 37.1 Å². The second-order valence-electron chi connectivity index (χ2n) is 9.49. The zero-order valence-corrected chi connectivity index (χ0v) is 20.7. The van der Waals surface area contributed by atoms with E-state index >= 15 is 0 Å². The van der Waals surface area contributed by atoms with Crippen molar-refractivity contribution in [3.8, 4) is 39.9 Å². The lowest BCUT2D eigenvalue weighted by atomic mass is 9.79. The molecule has 2 atom stereocenters. The first-order valence-electron chi connectivity index (χ1n) is 12.5. The molecule has 1 heterocycles. The van der Waals surface area contributed by atoms with E-state index in [1.54, 1.807) is 24.3 Å². The first-order chi connectivity index (χ1) is 17.9. The molecule has 2 unspecified atom stereocenters. The van der Waals surface area contributed by atoms with Crippen LogP contribution in [0.3, 0.4) is 0 Å². The van der Waals surface area contributed by atoms with Gasteiger partial charge in [-0.1, -0.05) is 6.07 Å². The molecule has 3 aromatic rings. The minimum Gasteiger partial charge on any atom is -0.508 e. The number of ether oxygens (including phenoxy) is 3. The summed E-state index contributed by atoms with van der Waals surface area (Å²) in [6, 6.07) is 10.6. The number of hydrogen-bond acceptors (Lipinski definition) is 8. The fourth-order valence-corrected chi connectivity index (χ4v) is 5.48. The van der Waals surface area contributed by atoms with Crippen LogP contribution in [0.1, 0.15) is 40.3 Å². The Hall–Kier alpha value is -3.46. The quantitative estimate of drug-likeness (QED) is 0.314. The van der Waals surface area contributed by atoms with Gasteiger partial charge in [0.25, 0.3) is 0 Å². The summed E-state index contributed by atoms with van der Waals surface area (Å²) in [6.07, 6.45) is 1.18. The van der Waals surface area contributed by atoms with Crippen LogP contribution in [0.4, 0.5) is 0 Å². The summed E-state index contributed by atoms with van der Waals surface area (Å²) in [4.78, 5) is 0. The third-order valence-corrected chi connectivity index (χ3v) is 7.17. The molecule has 196 valence electrons. The van der Waals surface area contributed by atoms with E-state index in [1.165, 1.54) is 7.11 Å². The highest BCUT2D eigenvalue weighted by Gasteiger charge is 2.35. The van der Waals surface area contributed by atoms with Crippen LogP contribution in [0.15, 0.2) is 36.4 Å². The van der Waals surface area contributed by atoms with Crippen molar-refractivity contribution < 1.29 is 39.7 Å². The second-order valence-corrected chi connectivity index (χ2v) is 9.49. The van der Waals surface area contributed by atoms with Crippen LogP contribution < -0.4 is 14.2 Å². The Kier molecular flexibility index (Phi) is 7.15. The van der Waals surface area contributed by atoms with Gasteiger partial charge in [0.2, 0.25) is 0 Å². The van der Waals surface area contributed by atoms with Gasteiger partial charge in [0, 0.05) is 30.2 Å². The Morgan fingerprint density at radius 3 is 2.57 bits per heavy atom. The number of fused-ring (bicyclic) bond motifs is 5. The molecule has 2 aliphatic rings. The maximum atomic E-state index is 11.2. The molecule has 5 N–H and O–H groups in total. The third kappa shape index (κ3) is 4.68. The minimum absolute atomic E-state index is 0.00755. The lowest BCUT2D eigenvalue weighted by Crippen LogP contribution is -2.31. The number of methoxy groups -OCH3 is 1. The number of aliphatic hydroxyl groups is 3. The number of benzene rings is 3. The molecule has 0 aromatic heterocycles. The van der Waals surface area contributed by atoms with Crippen molar-refractivity contribution in [2.75, 3.05) is 26.9 Å². The SMILES string of the molecule is COc1cc(C2Oc3cc(OCCO)c4c(c3CC2O)CCc2cc(O)ccc2-4)cc(CCCO)c1O. The lowest BCUT2D eigenvalue weighted by Gasteiger charge is -2.35. The van der Waals surface area contributed by atoms with E-state index in [4.69, 9.17) is 14.2 Å². The first kappa shape index (κ1) is 25.2. The Morgan fingerprint density at radius 2 is 1.81 bits per heavy atom. The van der Waals surface area contributed by atoms with Gasteiger partial charge in [-0.3, -0.25) is 0 Å². The number of phenols is 2. The fraction of sp³-hybridized carbons (Fsp3) is 0.379. The summed E-state index contributed by atoms with van der Waals surface area (Å²) in [5.74, 6) is 1.69. The largest absolute Gasteiger partial charge is 0.508 e. The Balaban J connectivity index is 1.58. The Morgan fingerprint density at radius 1 is 0.973 bits per heavy atom. The summed E-state index contributed by atoms with van der Waals surface area (Å²) >= 11 is 0. The minimum atomic E-state index is -0.845. The molecule has 8 heteroatoms. The van der Waals surface area contributed by atoms with Gasteiger partial charge >= 0.3 is 0 Å². The third-order valence-electron chi connectivity index (χ3n) is 7.17. The molecule has 0 fully saturated rings. The van der Waals surface area contributed by atoms with E-state index < -0.39 is 12.2 Å². The van der Waals surface area contributed by atoms with Crippen LogP contribution in [0.5, 0.6) is 28.7 Å². The van der Waals surface area contributed by atoms with Gasteiger partial charge in [0.1, 0.15) is 30.0 Å². The maximum Gasteiger partial charge on any atom is 0.161 e. The normalized spacial score (nSPS) is 17.8. The standard InChI is InChI=1S/C29H32O8/c1-35-26-13-18(11-17(28(26)34)3-2-8-30)29-23(33)14-22-21-6-4-16-12-19(32)5-7-20(16)27(21)25(36-10-9-31)15-24(22)37-29/h5,7,11-13,15,23,29-34H,2-4,6,8-10,14H2,1H3. The van der Waals surface area contributed by atoms with Crippen molar-refractivity contribution in [1.82, 2.24) is 0 Å². The summed E-state index contributed by atoms with van der Waals surface area (Å²) in [5.41, 5.74) is 6.11. The van der Waals surface area contributed by atoms with Gasteiger partial charge in [0.15, 0.2) is 11.5 Å². The lowest BCUT2D eigenvalue weighted by molar-refractivity contribution is 0.0201. The van der Waals surface area contributed by atoms with Gasteiger partial charge in [0.05, 0.1) is 19.8 Å². The molecule has 0 saturated carbocycles. The van der Waals surface area contributed by atoms with Crippen LogP contribution in [0.2, 0.25) is 0 Å². The monoisotopic (exact) mass is 508 g/mol. The number of phenolic OH excluding ortho intramolecular Hbond substituents is 2. The Bertz CT molecular complexity index is 1300. The summed E-state index contributed by atoms with van der Waals surface area (Å²) in [7, 11) is 1.47. The van der Waals surface area contributed by atoms with E-state index in [2.05, 4.69) is 0 Å². The highest BCUT2D eigenvalue weighted by Crippen LogP contribution is 2.49. The van der Waals surface area contributed by atoms with E-state index in [9.17, 15) is 25.5 Å². The van der Waals surface area contributed by atoms with E-state index in [1.807, 2.05) is 12.1 Å². The highest BCUT2D eigenvalue weighted by molar-refractivity contribution is 5.82. The van der Waals surface area contributed by atoms with Gasteiger partial charge in [-0.15, -0.1) is 0 Å². The summed E-state index contributed by atoms with van der Waals surface area (Å²) < 4.78 is 17.7. The first-order valence-corrected chi connectivity index (χ1v) is 12.5. The Labute approximate surface area is 215 Å². The fourth-order valence-electron chi connectivity index (χ4n) is 5.48. The second kappa shape index (κ2) is 10.5. The zero-order valence-electron chi connectivity index (χ0n) is 20.7. The van der Waals surface area contributed by atoms with Gasteiger partial charge < -0.3 is 39.7 Å². The van der Waals surface area contributed by atoms with Crippen molar-refractivity contribution in [1.29, 1.82) is 0 Å². The van der Waals surface area contributed by atoms with Crippen molar-refractivity contribution in [3.63, 3.8) is 0 Å². The molecule has 0 bridgehead atoms. The number of aromatic hydroxyl groups is 2.